The summed E-state index contributed by atoms with van der Waals surface area (Å²) in [5.74, 6) is -0.0736. The highest BCUT2D eigenvalue weighted by atomic mass is 79.9. The number of aromatic nitrogens is 2. The number of halogens is 1. The Morgan fingerprint density at radius 3 is 2.57 bits per heavy atom. The number of amides is 1. The fourth-order valence-corrected chi connectivity index (χ4v) is 3.71. The van der Waals surface area contributed by atoms with Gasteiger partial charge < -0.3 is 11.1 Å². The summed E-state index contributed by atoms with van der Waals surface area (Å²) in [5, 5.41) is 8.22. The van der Waals surface area contributed by atoms with Crippen molar-refractivity contribution >= 4 is 21.8 Å². The summed E-state index contributed by atoms with van der Waals surface area (Å²) in [6.45, 7) is 5.92. The highest BCUT2D eigenvalue weighted by Gasteiger charge is 2.25. The van der Waals surface area contributed by atoms with Crippen molar-refractivity contribution in [2.24, 2.45) is 11.7 Å². The quantitative estimate of drug-likeness (QED) is 0.821. The smallest absolute Gasteiger partial charge is 0.220 e. The topological polar surface area (TPSA) is 72.9 Å². The van der Waals surface area contributed by atoms with Gasteiger partial charge in [0.05, 0.1) is 15.9 Å². The van der Waals surface area contributed by atoms with Gasteiger partial charge in [-0.25, -0.2) is 0 Å². The van der Waals surface area contributed by atoms with Gasteiger partial charge in [0.2, 0.25) is 5.91 Å². The highest BCUT2D eigenvalue weighted by molar-refractivity contribution is 9.10. The van der Waals surface area contributed by atoms with Crippen molar-refractivity contribution in [2.45, 2.75) is 65.1 Å². The Balaban J connectivity index is 1.92. The van der Waals surface area contributed by atoms with E-state index in [4.69, 9.17) is 5.73 Å². The zero-order valence-corrected chi connectivity index (χ0v) is 14.4. The molecule has 6 heteroatoms. The molecule has 118 valence electrons. The van der Waals surface area contributed by atoms with Crippen LogP contribution in [0.3, 0.4) is 0 Å². The Morgan fingerprint density at radius 2 is 2.05 bits per heavy atom. The maximum atomic E-state index is 11.2. The molecule has 21 heavy (non-hydrogen) atoms. The van der Waals surface area contributed by atoms with Crippen LogP contribution in [0, 0.1) is 5.92 Å². The number of hydrogen-bond donors (Lipinski definition) is 2. The van der Waals surface area contributed by atoms with E-state index in [1.54, 1.807) is 0 Å². The third kappa shape index (κ3) is 3.86. The zero-order valence-electron chi connectivity index (χ0n) is 12.9. The van der Waals surface area contributed by atoms with E-state index in [9.17, 15) is 4.79 Å². The number of primary amides is 1. The Hall–Kier alpha value is -0.880. The lowest BCUT2D eigenvalue weighted by molar-refractivity contribution is -0.122. The van der Waals surface area contributed by atoms with Gasteiger partial charge in [0, 0.05) is 25.0 Å². The average molecular weight is 357 g/mol. The Morgan fingerprint density at radius 1 is 1.38 bits per heavy atom. The van der Waals surface area contributed by atoms with E-state index in [0.29, 0.717) is 6.04 Å². The van der Waals surface area contributed by atoms with Gasteiger partial charge in [0.1, 0.15) is 0 Å². The van der Waals surface area contributed by atoms with Crippen molar-refractivity contribution in [3.8, 4) is 0 Å². The molecule has 0 bridgehead atoms. The molecule has 0 unspecified atom stereocenters. The summed E-state index contributed by atoms with van der Waals surface area (Å²) in [4.78, 5) is 11.2. The molecule has 1 amide bonds. The number of nitrogens with two attached hydrogens (primary N) is 1. The highest BCUT2D eigenvalue weighted by Crippen LogP contribution is 2.26. The van der Waals surface area contributed by atoms with E-state index >= 15 is 0 Å². The molecule has 3 N–H and O–H groups in total. The molecule has 2 rings (SSSR count). The molecule has 0 aliphatic heterocycles. The van der Waals surface area contributed by atoms with Crippen LogP contribution in [0.5, 0.6) is 0 Å². The first-order valence-corrected chi connectivity index (χ1v) is 8.62. The molecule has 0 saturated heterocycles. The lowest BCUT2D eigenvalue weighted by atomic mass is 9.85. The standard InChI is InChI=1S/C15H25BrN4O/c1-3-12-14(16)13(20(4-2)19-12)9-18-11-7-5-10(6-8-11)15(17)21/h10-11,18H,3-9H2,1-2H3,(H2,17,21). The second kappa shape index (κ2) is 7.40. The predicted molar refractivity (Wildman–Crippen MR) is 86.8 cm³/mol. The van der Waals surface area contributed by atoms with Gasteiger partial charge in [-0.1, -0.05) is 6.92 Å². The van der Waals surface area contributed by atoms with E-state index in [2.05, 4.69) is 44.9 Å². The lowest BCUT2D eigenvalue weighted by Gasteiger charge is -2.27. The first-order valence-electron chi connectivity index (χ1n) is 7.83. The first-order chi connectivity index (χ1) is 10.1. The molecule has 1 aromatic rings. The minimum atomic E-state index is -0.146. The Labute approximate surface area is 134 Å². The molecule has 1 aromatic heterocycles. The fourth-order valence-electron chi connectivity index (χ4n) is 3.01. The summed E-state index contributed by atoms with van der Waals surface area (Å²) in [5.41, 5.74) is 7.71. The zero-order chi connectivity index (χ0) is 15.4. The van der Waals surface area contributed by atoms with E-state index in [-0.39, 0.29) is 11.8 Å². The molecule has 0 radical (unpaired) electrons. The van der Waals surface area contributed by atoms with Gasteiger partial charge in [-0.15, -0.1) is 0 Å². The van der Waals surface area contributed by atoms with Crippen LogP contribution in [0.4, 0.5) is 0 Å². The summed E-state index contributed by atoms with van der Waals surface area (Å²) in [6.07, 6.45) is 4.78. The van der Waals surface area contributed by atoms with Crippen LogP contribution in [0.15, 0.2) is 4.47 Å². The minimum absolute atomic E-state index is 0.0719. The molecule has 1 aliphatic rings. The van der Waals surface area contributed by atoms with E-state index < -0.39 is 0 Å². The summed E-state index contributed by atoms with van der Waals surface area (Å²) in [6, 6.07) is 0.470. The average Bonchev–Trinajstić information content (AvgIpc) is 2.81. The monoisotopic (exact) mass is 356 g/mol. The number of rotatable bonds is 6. The molecule has 1 fully saturated rings. The van der Waals surface area contributed by atoms with Crippen LogP contribution in [-0.2, 0) is 24.3 Å². The van der Waals surface area contributed by atoms with Crippen LogP contribution in [0.2, 0.25) is 0 Å². The SMILES string of the molecule is CCc1nn(CC)c(CNC2CCC(C(N)=O)CC2)c1Br. The number of carbonyl (C=O) groups excluding carboxylic acids is 1. The summed E-state index contributed by atoms with van der Waals surface area (Å²) in [7, 11) is 0. The first kappa shape index (κ1) is 16.5. The third-order valence-electron chi connectivity index (χ3n) is 4.38. The Kier molecular flexibility index (Phi) is 5.81. The van der Waals surface area contributed by atoms with Crippen LogP contribution < -0.4 is 11.1 Å². The molecule has 1 heterocycles. The van der Waals surface area contributed by atoms with E-state index in [1.807, 2.05) is 0 Å². The molecule has 5 nitrogen and oxygen atoms in total. The van der Waals surface area contributed by atoms with Crippen molar-refractivity contribution in [3.63, 3.8) is 0 Å². The maximum absolute atomic E-state index is 11.2. The van der Waals surface area contributed by atoms with Gasteiger partial charge in [-0.05, 0) is 55.0 Å². The van der Waals surface area contributed by atoms with E-state index in [1.165, 1.54) is 5.69 Å². The number of nitrogens with one attached hydrogen (secondary N) is 1. The molecular formula is C15H25BrN4O. The van der Waals surface area contributed by atoms with Gasteiger partial charge in [0.15, 0.2) is 0 Å². The molecule has 0 aromatic carbocycles. The second-order valence-corrected chi connectivity index (χ2v) is 6.50. The number of nitrogens with zero attached hydrogens (tertiary/aromatic N) is 2. The van der Waals surface area contributed by atoms with Crippen molar-refractivity contribution in [1.82, 2.24) is 15.1 Å². The molecule has 0 spiro atoms. The Bertz CT molecular complexity index is 492. The normalized spacial score (nSPS) is 22.4. The summed E-state index contributed by atoms with van der Waals surface area (Å²) < 4.78 is 3.19. The number of carbonyl (C=O) groups is 1. The van der Waals surface area contributed by atoms with Crippen molar-refractivity contribution < 1.29 is 4.79 Å². The molecular weight excluding hydrogens is 332 g/mol. The van der Waals surface area contributed by atoms with Crippen LogP contribution in [0.25, 0.3) is 0 Å². The predicted octanol–water partition coefficient (Wildman–Crippen LogP) is 2.36. The second-order valence-electron chi connectivity index (χ2n) is 5.71. The van der Waals surface area contributed by atoms with Crippen molar-refractivity contribution in [2.75, 3.05) is 0 Å². The fraction of sp³-hybridized carbons (Fsp3) is 0.733. The van der Waals surface area contributed by atoms with Gasteiger partial charge >= 0.3 is 0 Å². The third-order valence-corrected chi connectivity index (χ3v) is 5.30. The minimum Gasteiger partial charge on any atom is -0.369 e. The number of hydrogen-bond acceptors (Lipinski definition) is 3. The largest absolute Gasteiger partial charge is 0.369 e. The lowest BCUT2D eigenvalue weighted by Crippen LogP contribution is -2.36. The van der Waals surface area contributed by atoms with Crippen LogP contribution in [0.1, 0.15) is 50.9 Å². The van der Waals surface area contributed by atoms with Crippen LogP contribution in [-0.4, -0.2) is 21.7 Å². The van der Waals surface area contributed by atoms with Crippen molar-refractivity contribution in [3.05, 3.63) is 15.9 Å². The maximum Gasteiger partial charge on any atom is 0.220 e. The van der Waals surface area contributed by atoms with Gasteiger partial charge in [-0.3, -0.25) is 9.48 Å². The van der Waals surface area contributed by atoms with Gasteiger partial charge in [0.25, 0.3) is 0 Å². The summed E-state index contributed by atoms with van der Waals surface area (Å²) >= 11 is 3.67. The van der Waals surface area contributed by atoms with Crippen molar-refractivity contribution in [1.29, 1.82) is 0 Å². The van der Waals surface area contributed by atoms with Gasteiger partial charge in [-0.2, -0.15) is 5.10 Å². The molecule has 1 aliphatic carbocycles. The molecule has 1 saturated carbocycles. The number of aryl methyl sites for hydroxylation is 2. The van der Waals surface area contributed by atoms with Crippen LogP contribution >= 0.6 is 15.9 Å². The molecule has 0 atom stereocenters. The van der Waals surface area contributed by atoms with E-state index in [0.717, 1.165) is 55.4 Å².